The summed E-state index contributed by atoms with van der Waals surface area (Å²) in [7, 11) is 3.29. The van der Waals surface area contributed by atoms with Crippen LogP contribution in [-0.2, 0) is 18.9 Å². The summed E-state index contributed by atoms with van der Waals surface area (Å²) < 4.78 is 21.5. The number of benzene rings is 1. The second kappa shape index (κ2) is 13.7. The quantitative estimate of drug-likeness (QED) is 0.443. The molecule has 6 heteroatoms. The lowest BCUT2D eigenvalue weighted by Gasteiger charge is -2.09. The molecule has 0 radical (unpaired) electrons. The molecule has 0 N–H and O–H groups in total. The van der Waals surface area contributed by atoms with Crippen LogP contribution in [0.3, 0.4) is 0 Å². The van der Waals surface area contributed by atoms with E-state index >= 15 is 0 Å². The number of nitrogens with zero attached hydrogens (tertiary/aromatic N) is 2. The molecular formula is C24H30N2O4. The highest BCUT2D eigenvalue weighted by Crippen LogP contribution is 2.12. The smallest absolute Gasteiger partial charge is 0.148 e. The minimum atomic E-state index is -0.199. The highest BCUT2D eigenvalue weighted by Gasteiger charge is 2.08. The lowest BCUT2D eigenvalue weighted by atomic mass is 10.2. The molecule has 6 nitrogen and oxygen atoms in total. The van der Waals surface area contributed by atoms with Crippen molar-refractivity contribution < 1.29 is 18.9 Å². The SMILES string of the molecule is CCC(C#Cc1nc2ccccc2nc1C#CC(CC)OCCOC)OCCOC. The van der Waals surface area contributed by atoms with E-state index in [1.807, 2.05) is 38.1 Å². The zero-order valence-electron chi connectivity index (χ0n) is 18.2. The average Bonchev–Trinajstić information content (AvgIpc) is 2.78. The lowest BCUT2D eigenvalue weighted by Crippen LogP contribution is -2.13. The Morgan fingerprint density at radius 3 is 1.53 bits per heavy atom. The number of methoxy groups -OCH3 is 2. The Morgan fingerprint density at radius 1 is 0.733 bits per heavy atom. The number of hydrogen-bond acceptors (Lipinski definition) is 6. The zero-order chi connectivity index (χ0) is 21.6. The molecule has 0 spiro atoms. The van der Waals surface area contributed by atoms with E-state index in [2.05, 4.69) is 33.6 Å². The van der Waals surface area contributed by atoms with Crippen LogP contribution >= 0.6 is 0 Å². The molecule has 2 atom stereocenters. The summed E-state index contributed by atoms with van der Waals surface area (Å²) in [5, 5.41) is 0. The van der Waals surface area contributed by atoms with E-state index in [0.29, 0.717) is 37.8 Å². The molecule has 2 aromatic rings. The topological polar surface area (TPSA) is 62.7 Å². The molecule has 0 aliphatic rings. The number of aromatic nitrogens is 2. The van der Waals surface area contributed by atoms with Gasteiger partial charge in [0.25, 0.3) is 0 Å². The van der Waals surface area contributed by atoms with Crippen molar-refractivity contribution in [2.45, 2.75) is 38.9 Å². The van der Waals surface area contributed by atoms with Crippen LogP contribution in [0.25, 0.3) is 11.0 Å². The van der Waals surface area contributed by atoms with Crippen LogP contribution in [0.2, 0.25) is 0 Å². The fourth-order valence-electron chi connectivity index (χ4n) is 2.54. The van der Waals surface area contributed by atoms with E-state index in [0.717, 1.165) is 23.9 Å². The second-order valence-corrected chi connectivity index (χ2v) is 6.47. The van der Waals surface area contributed by atoms with Gasteiger partial charge in [0, 0.05) is 14.2 Å². The van der Waals surface area contributed by atoms with Gasteiger partial charge in [-0.1, -0.05) is 37.8 Å². The molecule has 2 unspecified atom stereocenters. The zero-order valence-corrected chi connectivity index (χ0v) is 18.2. The van der Waals surface area contributed by atoms with Gasteiger partial charge in [-0.05, 0) is 36.8 Å². The number of rotatable bonds is 10. The summed E-state index contributed by atoms with van der Waals surface area (Å²) in [6.07, 6.45) is 1.14. The fourth-order valence-corrected chi connectivity index (χ4v) is 2.54. The standard InChI is InChI=1S/C24H30N2O4/c1-5-19(29-17-15-27-3)11-13-23-24(14-12-20(6-2)30-18-16-28-4)26-22-10-8-7-9-21(22)25-23/h7-10,19-20H,5-6,15-18H2,1-4H3. The van der Waals surface area contributed by atoms with Gasteiger partial charge in [-0.15, -0.1) is 0 Å². The van der Waals surface area contributed by atoms with Gasteiger partial charge in [0.05, 0.1) is 37.5 Å². The van der Waals surface area contributed by atoms with Crippen LogP contribution in [0.1, 0.15) is 38.1 Å². The van der Waals surface area contributed by atoms with Gasteiger partial charge < -0.3 is 18.9 Å². The minimum Gasteiger partial charge on any atom is -0.382 e. The Kier molecular flexibility index (Phi) is 10.9. The van der Waals surface area contributed by atoms with Crippen LogP contribution < -0.4 is 0 Å². The predicted octanol–water partition coefficient (Wildman–Crippen LogP) is 3.22. The first-order valence-corrected chi connectivity index (χ1v) is 10.2. The monoisotopic (exact) mass is 410 g/mol. The molecule has 2 rings (SSSR count). The molecule has 1 heterocycles. The largest absolute Gasteiger partial charge is 0.382 e. The van der Waals surface area contributed by atoms with E-state index in [4.69, 9.17) is 18.9 Å². The Morgan fingerprint density at radius 2 is 1.17 bits per heavy atom. The molecular weight excluding hydrogens is 380 g/mol. The predicted molar refractivity (Wildman–Crippen MR) is 117 cm³/mol. The first kappa shape index (κ1) is 23.8. The van der Waals surface area contributed by atoms with Crippen LogP contribution in [-0.4, -0.2) is 62.8 Å². The molecule has 30 heavy (non-hydrogen) atoms. The first-order valence-electron chi connectivity index (χ1n) is 10.2. The normalized spacial score (nSPS) is 12.5. The Bertz CT molecular complexity index is 834. The van der Waals surface area contributed by atoms with Gasteiger partial charge in [0.15, 0.2) is 0 Å². The molecule has 0 saturated carbocycles. The average molecular weight is 411 g/mol. The van der Waals surface area contributed by atoms with E-state index in [1.165, 1.54) is 0 Å². The summed E-state index contributed by atoms with van der Waals surface area (Å²) >= 11 is 0. The van der Waals surface area contributed by atoms with Crippen molar-refractivity contribution in [2.24, 2.45) is 0 Å². The summed E-state index contributed by atoms with van der Waals surface area (Å²) in [5.74, 6) is 12.5. The van der Waals surface area contributed by atoms with Crippen molar-refractivity contribution in [3.8, 4) is 23.7 Å². The maximum absolute atomic E-state index is 5.74. The maximum atomic E-state index is 5.74. The van der Waals surface area contributed by atoms with Gasteiger partial charge in [-0.25, -0.2) is 9.97 Å². The highest BCUT2D eigenvalue weighted by atomic mass is 16.5. The van der Waals surface area contributed by atoms with Gasteiger partial charge in [-0.2, -0.15) is 0 Å². The Hall–Kier alpha value is -2.48. The van der Waals surface area contributed by atoms with E-state index in [9.17, 15) is 0 Å². The first-order chi connectivity index (χ1) is 14.7. The summed E-state index contributed by atoms with van der Waals surface area (Å²) in [5.41, 5.74) is 2.65. The fraction of sp³-hybridized carbons (Fsp3) is 0.500. The van der Waals surface area contributed by atoms with Gasteiger partial charge in [0.1, 0.15) is 23.6 Å². The third kappa shape index (κ3) is 7.74. The molecule has 0 aliphatic carbocycles. The number of hydrogen-bond donors (Lipinski definition) is 0. The highest BCUT2D eigenvalue weighted by molar-refractivity contribution is 5.75. The van der Waals surface area contributed by atoms with Crippen molar-refractivity contribution >= 4 is 11.0 Å². The molecule has 0 amide bonds. The molecule has 1 aromatic carbocycles. The molecule has 160 valence electrons. The van der Waals surface area contributed by atoms with E-state index < -0.39 is 0 Å². The molecule has 0 aliphatic heterocycles. The van der Waals surface area contributed by atoms with Gasteiger partial charge in [0.2, 0.25) is 0 Å². The van der Waals surface area contributed by atoms with Crippen molar-refractivity contribution in [3.05, 3.63) is 35.7 Å². The van der Waals surface area contributed by atoms with Crippen LogP contribution in [0.5, 0.6) is 0 Å². The molecule has 0 bridgehead atoms. The van der Waals surface area contributed by atoms with Crippen molar-refractivity contribution in [3.63, 3.8) is 0 Å². The molecule has 1 aromatic heterocycles. The molecule has 0 fully saturated rings. The summed E-state index contributed by atoms with van der Waals surface area (Å²) in [6, 6.07) is 7.69. The minimum absolute atomic E-state index is 0.199. The van der Waals surface area contributed by atoms with Crippen LogP contribution in [0, 0.1) is 23.7 Å². The lowest BCUT2D eigenvalue weighted by molar-refractivity contribution is 0.0423. The van der Waals surface area contributed by atoms with Crippen molar-refractivity contribution in [1.82, 2.24) is 9.97 Å². The Labute approximate surface area is 179 Å². The molecule has 0 saturated heterocycles. The van der Waals surface area contributed by atoms with Crippen molar-refractivity contribution in [2.75, 3.05) is 40.6 Å². The number of fused-ring (bicyclic) bond motifs is 1. The van der Waals surface area contributed by atoms with E-state index in [-0.39, 0.29) is 12.2 Å². The van der Waals surface area contributed by atoms with Crippen LogP contribution in [0.15, 0.2) is 24.3 Å². The summed E-state index contributed by atoms with van der Waals surface area (Å²) in [6.45, 7) is 6.12. The van der Waals surface area contributed by atoms with E-state index in [1.54, 1.807) is 14.2 Å². The van der Waals surface area contributed by atoms with Gasteiger partial charge in [-0.3, -0.25) is 0 Å². The third-order valence-electron chi connectivity index (χ3n) is 4.23. The summed E-state index contributed by atoms with van der Waals surface area (Å²) in [4.78, 5) is 9.35. The number of para-hydroxylation sites is 2. The second-order valence-electron chi connectivity index (χ2n) is 6.47. The van der Waals surface area contributed by atoms with Gasteiger partial charge >= 0.3 is 0 Å². The van der Waals surface area contributed by atoms with Crippen molar-refractivity contribution in [1.29, 1.82) is 0 Å². The maximum Gasteiger partial charge on any atom is 0.148 e. The third-order valence-corrected chi connectivity index (χ3v) is 4.23. The Balaban J connectivity index is 2.32. The number of ether oxygens (including phenoxy) is 4. The van der Waals surface area contributed by atoms with Crippen LogP contribution in [0.4, 0.5) is 0 Å².